The lowest BCUT2D eigenvalue weighted by molar-refractivity contribution is -0.116. The number of carbonyl (C=O) groups excluding carboxylic acids is 1. The zero-order chi connectivity index (χ0) is 21.7. The minimum absolute atomic E-state index is 0.00768. The Morgan fingerprint density at radius 2 is 1.93 bits per heavy atom. The summed E-state index contributed by atoms with van der Waals surface area (Å²) in [5.74, 6) is 0.404. The van der Waals surface area contributed by atoms with Crippen molar-refractivity contribution >= 4 is 28.9 Å². The van der Waals surface area contributed by atoms with E-state index in [4.69, 9.17) is 18.6 Å². The zero-order valence-corrected chi connectivity index (χ0v) is 18.3. The number of nitriles is 1. The molecule has 0 spiro atoms. The lowest BCUT2D eigenvalue weighted by Crippen LogP contribution is -2.13. The van der Waals surface area contributed by atoms with Crippen LogP contribution in [0.15, 0.2) is 27.2 Å². The number of aromatic nitrogens is 3. The molecule has 0 saturated heterocycles. The summed E-state index contributed by atoms with van der Waals surface area (Å²) in [4.78, 5) is 16.7. The van der Waals surface area contributed by atoms with Crippen molar-refractivity contribution in [3.63, 3.8) is 0 Å². The highest BCUT2D eigenvalue weighted by molar-refractivity contribution is 7.99. The molecule has 3 rings (SSSR count). The van der Waals surface area contributed by atoms with E-state index in [2.05, 4.69) is 15.2 Å². The molecule has 9 nitrogen and oxygen atoms in total. The predicted molar refractivity (Wildman–Crippen MR) is 110 cm³/mol. The van der Waals surface area contributed by atoms with Crippen LogP contribution in [-0.4, -0.2) is 48.0 Å². The Morgan fingerprint density at radius 3 is 2.47 bits per heavy atom. The molecule has 11 heteroatoms. The third-order valence-electron chi connectivity index (χ3n) is 3.99. The number of nitrogens with zero attached hydrogens (tertiary/aromatic N) is 4. The average Bonchev–Trinajstić information content (AvgIpc) is 3.41. The van der Waals surface area contributed by atoms with Crippen LogP contribution in [0, 0.1) is 18.3 Å². The van der Waals surface area contributed by atoms with Gasteiger partial charge in [0.05, 0.1) is 33.2 Å². The Labute approximate surface area is 181 Å². The lowest BCUT2D eigenvalue weighted by atomic mass is 10.1. The number of Topliss-reactive ketones (excluding diaryl/α,β-unsaturated/α-hetero) is 1. The monoisotopic (exact) mass is 446 g/mol. The highest BCUT2D eigenvalue weighted by Gasteiger charge is 2.24. The molecule has 0 aliphatic heterocycles. The van der Waals surface area contributed by atoms with Gasteiger partial charge < -0.3 is 18.6 Å². The van der Waals surface area contributed by atoms with Gasteiger partial charge in [0.1, 0.15) is 5.01 Å². The Morgan fingerprint density at radius 1 is 1.23 bits per heavy atom. The van der Waals surface area contributed by atoms with Gasteiger partial charge in [-0.15, -0.1) is 21.5 Å². The average molecular weight is 447 g/mol. The topological polar surface area (TPSA) is 120 Å². The third kappa shape index (κ3) is 4.55. The van der Waals surface area contributed by atoms with Crippen LogP contribution >= 0.6 is 23.1 Å². The van der Waals surface area contributed by atoms with E-state index in [9.17, 15) is 10.1 Å². The summed E-state index contributed by atoms with van der Waals surface area (Å²) < 4.78 is 21.6. The fourth-order valence-corrected chi connectivity index (χ4v) is 4.10. The summed E-state index contributed by atoms with van der Waals surface area (Å²) >= 11 is 2.36. The van der Waals surface area contributed by atoms with Gasteiger partial charge in [0.2, 0.25) is 11.6 Å². The van der Waals surface area contributed by atoms with Gasteiger partial charge in [0.25, 0.3) is 5.22 Å². The highest BCUT2D eigenvalue weighted by Crippen LogP contribution is 2.41. The lowest BCUT2D eigenvalue weighted by Gasteiger charge is -2.12. The molecular formula is C19H18N4O5S2. The van der Waals surface area contributed by atoms with E-state index in [1.807, 2.05) is 18.4 Å². The normalized spacial score (nSPS) is 11.6. The molecule has 0 aliphatic carbocycles. The predicted octanol–water partition coefficient (Wildman–Crippen LogP) is 3.50. The van der Waals surface area contributed by atoms with Crippen LogP contribution in [-0.2, 0) is 4.79 Å². The number of hydrogen-bond donors (Lipinski definition) is 0. The summed E-state index contributed by atoms with van der Waals surface area (Å²) in [6, 6.07) is 5.38. The van der Waals surface area contributed by atoms with Gasteiger partial charge in [-0.05, 0) is 19.1 Å². The molecule has 1 aromatic carbocycles. The number of aryl methyl sites for hydroxylation is 1. The molecule has 0 radical (unpaired) electrons. The smallest absolute Gasteiger partial charge is 0.277 e. The van der Waals surface area contributed by atoms with Gasteiger partial charge in [-0.1, -0.05) is 11.8 Å². The number of thiazole rings is 1. The molecule has 0 amide bonds. The maximum atomic E-state index is 12.5. The van der Waals surface area contributed by atoms with Crippen molar-refractivity contribution in [3.05, 3.63) is 28.2 Å². The molecule has 0 aliphatic rings. The standard InChI is InChI=1S/C19H18N4O5S2/c1-10-8-29-18(21-10)12(7-20)13(24)9-30-19-23-22-17(28-19)11-5-14(25-2)16(27-4)15(6-11)26-3/h5-6,8,12H,9H2,1-4H3/t12-/m0/s1. The summed E-state index contributed by atoms with van der Waals surface area (Å²) in [6.07, 6.45) is 0. The Bertz CT molecular complexity index is 1060. The number of benzene rings is 1. The van der Waals surface area contributed by atoms with Crippen LogP contribution in [0.5, 0.6) is 17.2 Å². The molecule has 0 saturated carbocycles. The number of hydrogen-bond acceptors (Lipinski definition) is 11. The third-order valence-corrected chi connectivity index (χ3v) is 5.86. The van der Waals surface area contributed by atoms with Crippen molar-refractivity contribution in [2.75, 3.05) is 27.1 Å². The van der Waals surface area contributed by atoms with Crippen LogP contribution in [0.2, 0.25) is 0 Å². The summed E-state index contributed by atoms with van der Waals surface area (Å²) in [7, 11) is 4.54. The van der Waals surface area contributed by atoms with Crippen LogP contribution < -0.4 is 14.2 Å². The number of carbonyl (C=O) groups is 1. The Kier molecular flexibility index (Phi) is 6.91. The van der Waals surface area contributed by atoms with E-state index in [0.29, 0.717) is 27.8 Å². The second-order valence-electron chi connectivity index (χ2n) is 5.93. The summed E-state index contributed by atoms with van der Waals surface area (Å²) in [5, 5.41) is 19.8. The maximum absolute atomic E-state index is 12.5. The van der Waals surface area contributed by atoms with Gasteiger partial charge in [-0.25, -0.2) is 4.98 Å². The van der Waals surface area contributed by atoms with E-state index < -0.39 is 5.92 Å². The summed E-state index contributed by atoms with van der Waals surface area (Å²) in [5.41, 5.74) is 1.35. The van der Waals surface area contributed by atoms with Gasteiger partial charge >= 0.3 is 0 Å². The first-order valence-electron chi connectivity index (χ1n) is 8.61. The number of methoxy groups -OCH3 is 3. The highest BCUT2D eigenvalue weighted by atomic mass is 32.2. The molecule has 0 fully saturated rings. The first kappa shape index (κ1) is 21.6. The molecular weight excluding hydrogens is 428 g/mol. The number of ketones is 1. The van der Waals surface area contributed by atoms with E-state index in [1.165, 1.54) is 32.7 Å². The van der Waals surface area contributed by atoms with Crippen molar-refractivity contribution in [2.45, 2.75) is 18.1 Å². The molecule has 3 aromatic rings. The van der Waals surface area contributed by atoms with Gasteiger partial charge in [0, 0.05) is 16.6 Å². The Hall–Kier alpha value is -3.10. The minimum atomic E-state index is -0.909. The van der Waals surface area contributed by atoms with Gasteiger partial charge in [0.15, 0.2) is 23.2 Å². The van der Waals surface area contributed by atoms with E-state index >= 15 is 0 Å². The van der Waals surface area contributed by atoms with Crippen molar-refractivity contribution < 1.29 is 23.4 Å². The molecule has 1 atom stereocenters. The molecule has 0 bridgehead atoms. The molecule has 2 aromatic heterocycles. The second-order valence-corrected chi connectivity index (χ2v) is 7.75. The summed E-state index contributed by atoms with van der Waals surface area (Å²) in [6.45, 7) is 1.82. The quantitative estimate of drug-likeness (QED) is 0.452. The Balaban J connectivity index is 1.74. The maximum Gasteiger partial charge on any atom is 0.277 e. The van der Waals surface area contributed by atoms with Gasteiger partial charge in [-0.2, -0.15) is 5.26 Å². The van der Waals surface area contributed by atoms with Crippen molar-refractivity contribution in [2.24, 2.45) is 0 Å². The van der Waals surface area contributed by atoms with Gasteiger partial charge in [-0.3, -0.25) is 4.79 Å². The van der Waals surface area contributed by atoms with Crippen LogP contribution in [0.3, 0.4) is 0 Å². The molecule has 30 heavy (non-hydrogen) atoms. The van der Waals surface area contributed by atoms with E-state index in [-0.39, 0.29) is 22.6 Å². The SMILES string of the molecule is COc1cc(-c2nnc(SCC(=O)[C@H](C#N)c3nc(C)cs3)o2)cc(OC)c1OC. The molecule has 2 heterocycles. The van der Waals surface area contributed by atoms with E-state index in [0.717, 1.165) is 17.5 Å². The molecule has 0 N–H and O–H groups in total. The molecule has 0 unspecified atom stereocenters. The van der Waals surface area contributed by atoms with Crippen LogP contribution in [0.25, 0.3) is 11.5 Å². The first-order chi connectivity index (χ1) is 14.5. The first-order valence-corrected chi connectivity index (χ1v) is 10.5. The van der Waals surface area contributed by atoms with Crippen molar-refractivity contribution in [1.82, 2.24) is 15.2 Å². The molecule has 156 valence electrons. The number of rotatable bonds is 9. The largest absolute Gasteiger partial charge is 0.493 e. The van der Waals surface area contributed by atoms with Crippen molar-refractivity contribution in [3.8, 4) is 34.8 Å². The number of thioether (sulfide) groups is 1. The van der Waals surface area contributed by atoms with Crippen LogP contribution in [0.4, 0.5) is 0 Å². The zero-order valence-electron chi connectivity index (χ0n) is 16.7. The second kappa shape index (κ2) is 9.60. The minimum Gasteiger partial charge on any atom is -0.493 e. The van der Waals surface area contributed by atoms with E-state index in [1.54, 1.807) is 12.1 Å². The fourth-order valence-electron chi connectivity index (χ4n) is 2.58. The van der Waals surface area contributed by atoms with Crippen molar-refractivity contribution in [1.29, 1.82) is 5.26 Å². The number of ether oxygens (including phenoxy) is 3. The fraction of sp³-hybridized carbons (Fsp3) is 0.316. The van der Waals surface area contributed by atoms with Crippen LogP contribution in [0.1, 0.15) is 16.6 Å².